The fourth-order valence-corrected chi connectivity index (χ4v) is 1.98. The fraction of sp³-hybridized carbons (Fsp3) is 0.500. The molecule has 0 aromatic heterocycles. The molecule has 0 atom stereocenters. The van der Waals surface area contributed by atoms with Crippen LogP contribution in [0, 0.1) is 0 Å². The Morgan fingerprint density at radius 1 is 1.25 bits per heavy atom. The number of hydrogen-bond acceptors (Lipinski definition) is 3. The number of rotatable bonds is 4. The lowest BCUT2D eigenvalue weighted by Gasteiger charge is -2.26. The Hall–Kier alpha value is -0.770. The predicted octanol–water partition coefficient (Wildman–Crippen LogP) is 2.08. The second-order valence-electron chi connectivity index (χ2n) is 3.86. The van der Waals surface area contributed by atoms with Crippen LogP contribution in [0.3, 0.4) is 0 Å². The quantitative estimate of drug-likeness (QED) is 0.872. The molecule has 4 heteroatoms. The normalized spacial score (nSPS) is 17.3. The van der Waals surface area contributed by atoms with Crippen molar-refractivity contribution in [2.75, 3.05) is 44.7 Å². The molecule has 1 fully saturated rings. The first kappa shape index (κ1) is 11.7. The molecular weight excluding hydrogens is 224 g/mol. The Morgan fingerprint density at radius 3 is 2.75 bits per heavy atom. The molecule has 1 heterocycles. The largest absolute Gasteiger partial charge is 0.383 e. The van der Waals surface area contributed by atoms with E-state index in [4.69, 9.17) is 16.3 Å². The molecule has 1 aromatic rings. The number of nitrogens with zero attached hydrogens (tertiary/aromatic N) is 1. The minimum Gasteiger partial charge on any atom is -0.383 e. The lowest BCUT2D eigenvalue weighted by molar-refractivity contribution is 0.0398. The topological polar surface area (TPSA) is 24.5 Å². The maximum atomic E-state index is 6.05. The van der Waals surface area contributed by atoms with Crippen LogP contribution >= 0.6 is 11.6 Å². The number of benzene rings is 1. The van der Waals surface area contributed by atoms with Gasteiger partial charge in [-0.25, -0.2) is 0 Å². The zero-order chi connectivity index (χ0) is 11.2. The monoisotopic (exact) mass is 240 g/mol. The Balaban J connectivity index is 1.73. The molecule has 3 nitrogen and oxygen atoms in total. The number of para-hydroxylation sites is 1. The Kier molecular flexibility index (Phi) is 4.45. The molecule has 2 rings (SSSR count). The van der Waals surface area contributed by atoms with Crippen molar-refractivity contribution in [3.05, 3.63) is 29.3 Å². The van der Waals surface area contributed by atoms with Crippen LogP contribution in [0.2, 0.25) is 5.02 Å². The summed E-state index contributed by atoms with van der Waals surface area (Å²) in [6.45, 7) is 5.73. The fourth-order valence-electron chi connectivity index (χ4n) is 1.78. The van der Waals surface area contributed by atoms with Gasteiger partial charge in [0.05, 0.1) is 23.9 Å². The van der Waals surface area contributed by atoms with Gasteiger partial charge in [-0.1, -0.05) is 23.7 Å². The van der Waals surface area contributed by atoms with Crippen LogP contribution in [0.15, 0.2) is 24.3 Å². The number of halogens is 1. The van der Waals surface area contributed by atoms with Crippen LogP contribution in [0.25, 0.3) is 0 Å². The van der Waals surface area contributed by atoms with Gasteiger partial charge in [-0.2, -0.15) is 0 Å². The van der Waals surface area contributed by atoms with E-state index in [9.17, 15) is 0 Å². The lowest BCUT2D eigenvalue weighted by Crippen LogP contribution is -2.39. The molecule has 1 aliphatic rings. The molecule has 0 saturated carbocycles. The highest BCUT2D eigenvalue weighted by molar-refractivity contribution is 6.33. The molecule has 0 radical (unpaired) electrons. The lowest BCUT2D eigenvalue weighted by atomic mass is 10.3. The number of ether oxygens (including phenoxy) is 1. The number of hydrogen-bond donors (Lipinski definition) is 1. The summed E-state index contributed by atoms with van der Waals surface area (Å²) in [6.07, 6.45) is 0. The molecule has 1 aromatic carbocycles. The third kappa shape index (κ3) is 3.37. The Morgan fingerprint density at radius 2 is 2.00 bits per heavy atom. The Labute approximate surface area is 101 Å². The average molecular weight is 241 g/mol. The van der Waals surface area contributed by atoms with Gasteiger partial charge in [-0.05, 0) is 12.1 Å². The van der Waals surface area contributed by atoms with E-state index in [2.05, 4.69) is 10.2 Å². The van der Waals surface area contributed by atoms with Crippen molar-refractivity contribution in [2.24, 2.45) is 0 Å². The first-order chi connectivity index (χ1) is 7.86. The van der Waals surface area contributed by atoms with E-state index < -0.39 is 0 Å². The first-order valence-electron chi connectivity index (χ1n) is 5.65. The summed E-state index contributed by atoms with van der Waals surface area (Å²) >= 11 is 6.05. The molecule has 1 N–H and O–H groups in total. The number of morpholine rings is 1. The van der Waals surface area contributed by atoms with E-state index in [1.807, 2.05) is 24.3 Å². The number of anilines is 1. The minimum absolute atomic E-state index is 0.782. The van der Waals surface area contributed by atoms with Crippen LogP contribution in [0.5, 0.6) is 0 Å². The summed E-state index contributed by atoms with van der Waals surface area (Å²) in [4.78, 5) is 2.40. The molecule has 0 amide bonds. The highest BCUT2D eigenvalue weighted by Gasteiger charge is 2.09. The van der Waals surface area contributed by atoms with Gasteiger partial charge in [0.25, 0.3) is 0 Å². The smallest absolute Gasteiger partial charge is 0.0637 e. The van der Waals surface area contributed by atoms with E-state index >= 15 is 0 Å². The SMILES string of the molecule is Clc1ccccc1NCCN1CCOCC1. The second kappa shape index (κ2) is 6.09. The summed E-state index contributed by atoms with van der Waals surface area (Å²) in [6, 6.07) is 7.83. The highest BCUT2D eigenvalue weighted by atomic mass is 35.5. The van der Waals surface area contributed by atoms with Gasteiger partial charge < -0.3 is 10.1 Å². The van der Waals surface area contributed by atoms with Gasteiger partial charge >= 0.3 is 0 Å². The first-order valence-corrected chi connectivity index (χ1v) is 6.02. The van der Waals surface area contributed by atoms with Gasteiger partial charge in [0.1, 0.15) is 0 Å². The van der Waals surface area contributed by atoms with Crippen LogP contribution in [0.1, 0.15) is 0 Å². The second-order valence-corrected chi connectivity index (χ2v) is 4.27. The van der Waals surface area contributed by atoms with Crippen LogP contribution in [0.4, 0.5) is 5.69 Å². The Bertz CT molecular complexity index is 327. The molecule has 0 unspecified atom stereocenters. The molecule has 0 aliphatic carbocycles. The van der Waals surface area contributed by atoms with Crippen molar-refractivity contribution < 1.29 is 4.74 Å². The van der Waals surface area contributed by atoms with Gasteiger partial charge in [-0.15, -0.1) is 0 Å². The van der Waals surface area contributed by atoms with E-state index in [-0.39, 0.29) is 0 Å². The zero-order valence-corrected chi connectivity index (χ0v) is 10.0. The van der Waals surface area contributed by atoms with Crippen molar-refractivity contribution in [2.45, 2.75) is 0 Å². The summed E-state index contributed by atoms with van der Waals surface area (Å²) in [7, 11) is 0. The molecule has 16 heavy (non-hydrogen) atoms. The maximum Gasteiger partial charge on any atom is 0.0637 e. The van der Waals surface area contributed by atoms with Gasteiger partial charge in [-0.3, -0.25) is 4.90 Å². The van der Waals surface area contributed by atoms with Crippen molar-refractivity contribution in [1.29, 1.82) is 0 Å². The summed E-state index contributed by atoms with van der Waals surface area (Å²) in [5, 5.41) is 4.13. The molecule has 0 bridgehead atoms. The van der Waals surface area contributed by atoms with Crippen molar-refractivity contribution in [3.63, 3.8) is 0 Å². The third-order valence-corrected chi connectivity index (χ3v) is 3.05. The van der Waals surface area contributed by atoms with E-state index in [0.29, 0.717) is 0 Å². The number of nitrogens with one attached hydrogen (secondary N) is 1. The molecular formula is C12H17ClN2O. The maximum absolute atomic E-state index is 6.05. The molecule has 88 valence electrons. The zero-order valence-electron chi connectivity index (χ0n) is 9.29. The van der Waals surface area contributed by atoms with Gasteiger partial charge in [0.2, 0.25) is 0 Å². The van der Waals surface area contributed by atoms with Crippen LogP contribution in [-0.2, 0) is 4.74 Å². The minimum atomic E-state index is 0.782. The predicted molar refractivity (Wildman–Crippen MR) is 67.2 cm³/mol. The van der Waals surface area contributed by atoms with E-state index in [0.717, 1.165) is 50.1 Å². The summed E-state index contributed by atoms with van der Waals surface area (Å²) in [5.41, 5.74) is 1.01. The molecule has 0 spiro atoms. The molecule has 1 saturated heterocycles. The summed E-state index contributed by atoms with van der Waals surface area (Å²) < 4.78 is 5.30. The van der Waals surface area contributed by atoms with Crippen LogP contribution in [-0.4, -0.2) is 44.3 Å². The molecule has 1 aliphatic heterocycles. The highest BCUT2D eigenvalue weighted by Crippen LogP contribution is 2.19. The standard InChI is InChI=1S/C12H17ClN2O/c13-11-3-1-2-4-12(11)14-5-6-15-7-9-16-10-8-15/h1-4,14H,5-10H2. The van der Waals surface area contributed by atoms with Crippen LogP contribution < -0.4 is 5.32 Å². The van der Waals surface area contributed by atoms with Crippen molar-refractivity contribution in [3.8, 4) is 0 Å². The van der Waals surface area contributed by atoms with Crippen molar-refractivity contribution >= 4 is 17.3 Å². The van der Waals surface area contributed by atoms with Gasteiger partial charge in [0, 0.05) is 26.2 Å². The van der Waals surface area contributed by atoms with Crippen molar-refractivity contribution in [1.82, 2.24) is 4.90 Å². The third-order valence-electron chi connectivity index (χ3n) is 2.72. The van der Waals surface area contributed by atoms with E-state index in [1.54, 1.807) is 0 Å². The average Bonchev–Trinajstić information content (AvgIpc) is 2.33. The summed E-state index contributed by atoms with van der Waals surface area (Å²) in [5.74, 6) is 0. The van der Waals surface area contributed by atoms with E-state index in [1.165, 1.54) is 0 Å². The van der Waals surface area contributed by atoms with Gasteiger partial charge in [0.15, 0.2) is 0 Å².